The topological polar surface area (TPSA) is 74.5 Å². The number of hydrogen-bond donors (Lipinski definition) is 0. The summed E-state index contributed by atoms with van der Waals surface area (Å²) in [4.78, 5) is 37.6. The number of benzene rings is 1. The van der Waals surface area contributed by atoms with Crippen LogP contribution in [0.1, 0.15) is 17.3 Å². The van der Waals surface area contributed by atoms with Gasteiger partial charge in [-0.3, -0.25) is 19.6 Å². The Morgan fingerprint density at radius 3 is 2.79 bits per heavy atom. The normalized spacial score (nSPS) is 17.2. The molecule has 0 bridgehead atoms. The van der Waals surface area contributed by atoms with Crippen LogP contribution in [0, 0.1) is 0 Å². The van der Waals surface area contributed by atoms with Crippen molar-refractivity contribution in [3.05, 3.63) is 40.6 Å². The monoisotopic (exact) mass is 408 g/mol. The van der Waals surface area contributed by atoms with Gasteiger partial charge in [-0.2, -0.15) is 0 Å². The van der Waals surface area contributed by atoms with E-state index in [9.17, 15) is 9.59 Å². The molecule has 0 saturated carbocycles. The van der Waals surface area contributed by atoms with E-state index in [0.29, 0.717) is 27.2 Å². The van der Waals surface area contributed by atoms with Gasteiger partial charge in [0.05, 0.1) is 18.1 Å². The molecule has 0 radical (unpaired) electrons. The van der Waals surface area contributed by atoms with Gasteiger partial charge in [0.1, 0.15) is 10.3 Å². The van der Waals surface area contributed by atoms with Crippen molar-refractivity contribution in [3.63, 3.8) is 0 Å². The van der Waals surface area contributed by atoms with Crippen LogP contribution in [0.2, 0.25) is 5.02 Å². The summed E-state index contributed by atoms with van der Waals surface area (Å²) in [5.41, 5.74) is 0.998. The third-order valence-electron chi connectivity index (χ3n) is 3.21. The number of carbonyl (C=O) groups is 2. The van der Waals surface area contributed by atoms with E-state index >= 15 is 0 Å². The van der Waals surface area contributed by atoms with Crippen LogP contribution < -0.4 is 4.90 Å². The number of rotatable bonds is 5. The maximum absolute atomic E-state index is 12.6. The Morgan fingerprint density at radius 2 is 2.21 bits per heavy atom. The van der Waals surface area contributed by atoms with Crippen molar-refractivity contribution < 1.29 is 9.59 Å². The molecule has 1 aliphatic heterocycles. The van der Waals surface area contributed by atoms with Crippen molar-refractivity contribution >= 4 is 62.5 Å². The Labute approximate surface area is 152 Å². The molecule has 0 N–H and O–H groups in total. The van der Waals surface area contributed by atoms with Crippen molar-refractivity contribution in [2.45, 2.75) is 13.1 Å². The lowest BCUT2D eigenvalue weighted by Gasteiger charge is -2.19. The number of aldehydes is 1. The van der Waals surface area contributed by atoms with Crippen LogP contribution in [-0.4, -0.2) is 42.5 Å². The Bertz CT molecular complexity index is 786. The lowest BCUT2D eigenvalue weighted by Crippen LogP contribution is -2.28. The molecule has 1 aromatic rings. The number of allylic oxidation sites excluding steroid dienone is 1. The number of hydrogen-bond acceptors (Lipinski definition) is 5. The molecule has 0 spiro atoms. The highest BCUT2D eigenvalue weighted by Crippen LogP contribution is 2.23. The second kappa shape index (κ2) is 8.12. The molecule has 8 heteroatoms. The molecule has 124 valence electrons. The van der Waals surface area contributed by atoms with Gasteiger partial charge in [0, 0.05) is 17.6 Å². The fourth-order valence-electron chi connectivity index (χ4n) is 2.01. The summed E-state index contributed by atoms with van der Waals surface area (Å²) in [5, 5.41) is 0.425. The highest BCUT2D eigenvalue weighted by Gasteiger charge is 2.18. The van der Waals surface area contributed by atoms with Crippen LogP contribution in [0.3, 0.4) is 0 Å². The summed E-state index contributed by atoms with van der Waals surface area (Å²) in [7, 11) is 1.57. The average molecular weight is 410 g/mol. The standard InChI is InChI=1S/C16H14BrClN4O2/c1-3-12(19-8-15-20-7-14(17)21-15)16(24)22(2)13-5-4-11(18)6-10(13)9-23/h3-9,15H,1-2H3/b12-3-,19-8-. The van der Waals surface area contributed by atoms with Crippen LogP contribution >= 0.6 is 27.5 Å². The molecular weight excluding hydrogens is 396 g/mol. The van der Waals surface area contributed by atoms with E-state index in [0.717, 1.165) is 0 Å². The molecule has 0 saturated heterocycles. The first-order valence-electron chi connectivity index (χ1n) is 6.96. The molecule has 1 aromatic carbocycles. The van der Waals surface area contributed by atoms with Crippen LogP contribution in [0.15, 0.2) is 44.9 Å². The minimum Gasteiger partial charge on any atom is -0.309 e. The highest BCUT2D eigenvalue weighted by atomic mass is 79.9. The van der Waals surface area contributed by atoms with E-state index in [-0.39, 0.29) is 11.6 Å². The molecule has 0 fully saturated rings. The Hall–Kier alpha value is -2.12. The number of likely N-dealkylation sites (N-methyl/N-ethyl adjacent to an activating group) is 1. The zero-order valence-corrected chi connectivity index (χ0v) is 15.3. The number of halogens is 2. The summed E-state index contributed by atoms with van der Waals surface area (Å²) >= 11 is 9.09. The third-order valence-corrected chi connectivity index (χ3v) is 3.86. The summed E-state index contributed by atoms with van der Waals surface area (Å²) in [6.07, 6.45) is 4.85. The summed E-state index contributed by atoms with van der Waals surface area (Å²) < 4.78 is 0.626. The number of carbonyl (C=O) groups excluding carboxylic acids is 2. The van der Waals surface area contributed by atoms with Crippen LogP contribution in [0.4, 0.5) is 5.69 Å². The number of nitrogens with zero attached hydrogens (tertiary/aromatic N) is 4. The Morgan fingerprint density at radius 1 is 1.46 bits per heavy atom. The van der Waals surface area contributed by atoms with E-state index in [1.54, 1.807) is 38.4 Å². The fourth-order valence-corrected chi connectivity index (χ4v) is 2.52. The Kier molecular flexibility index (Phi) is 6.16. The minimum atomic E-state index is -0.450. The molecule has 1 heterocycles. The molecule has 1 amide bonds. The number of aliphatic imine (C=N–C) groups is 3. The SMILES string of the molecule is C/C=C(\N=C/C1N=CC(Br)=N1)C(=O)N(C)c1ccc(Cl)cc1C=O. The van der Waals surface area contributed by atoms with Gasteiger partial charge >= 0.3 is 0 Å². The zero-order chi connectivity index (χ0) is 17.7. The third kappa shape index (κ3) is 4.24. The average Bonchev–Trinajstić information content (AvgIpc) is 2.99. The summed E-state index contributed by atoms with van der Waals surface area (Å²) in [5.74, 6) is -0.357. The predicted molar refractivity (Wildman–Crippen MR) is 101 cm³/mol. The summed E-state index contributed by atoms with van der Waals surface area (Å²) in [6.45, 7) is 1.71. The van der Waals surface area contributed by atoms with E-state index in [4.69, 9.17) is 11.6 Å². The van der Waals surface area contributed by atoms with Crippen LogP contribution in [0.25, 0.3) is 0 Å². The van der Waals surface area contributed by atoms with E-state index in [2.05, 4.69) is 30.9 Å². The number of anilines is 1. The molecule has 6 nitrogen and oxygen atoms in total. The van der Waals surface area contributed by atoms with Gasteiger partial charge in [0.15, 0.2) is 12.5 Å². The van der Waals surface area contributed by atoms with Crippen molar-refractivity contribution in [2.24, 2.45) is 15.0 Å². The van der Waals surface area contributed by atoms with E-state index in [1.165, 1.54) is 17.2 Å². The zero-order valence-electron chi connectivity index (χ0n) is 13.0. The fraction of sp³-hybridized carbons (Fsp3) is 0.188. The predicted octanol–water partition coefficient (Wildman–Crippen LogP) is 3.29. The lowest BCUT2D eigenvalue weighted by molar-refractivity contribution is -0.114. The molecule has 2 rings (SSSR count). The van der Waals surface area contributed by atoms with E-state index in [1.807, 2.05) is 0 Å². The van der Waals surface area contributed by atoms with Gasteiger partial charge in [-0.1, -0.05) is 17.7 Å². The van der Waals surface area contributed by atoms with Gasteiger partial charge in [-0.05, 0) is 41.1 Å². The minimum absolute atomic E-state index is 0.220. The molecule has 0 aromatic heterocycles. The maximum Gasteiger partial charge on any atom is 0.276 e. The maximum atomic E-state index is 12.6. The van der Waals surface area contributed by atoms with Crippen LogP contribution in [-0.2, 0) is 4.79 Å². The molecule has 24 heavy (non-hydrogen) atoms. The highest BCUT2D eigenvalue weighted by molar-refractivity contribution is 9.19. The first-order valence-corrected chi connectivity index (χ1v) is 8.13. The molecule has 0 aliphatic carbocycles. The molecule has 1 unspecified atom stereocenters. The van der Waals surface area contributed by atoms with Crippen molar-refractivity contribution in [1.82, 2.24) is 0 Å². The van der Waals surface area contributed by atoms with Gasteiger partial charge in [0.2, 0.25) is 0 Å². The van der Waals surface area contributed by atoms with Crippen molar-refractivity contribution in [1.29, 1.82) is 0 Å². The number of amides is 1. The van der Waals surface area contributed by atoms with Gasteiger partial charge in [-0.15, -0.1) is 0 Å². The van der Waals surface area contributed by atoms with Gasteiger partial charge in [0.25, 0.3) is 5.91 Å². The molecule has 1 aliphatic rings. The first-order chi connectivity index (χ1) is 11.5. The van der Waals surface area contributed by atoms with Gasteiger partial charge in [-0.25, -0.2) is 4.99 Å². The Balaban J connectivity index is 2.21. The molecule has 1 atom stereocenters. The summed E-state index contributed by atoms with van der Waals surface area (Å²) in [6, 6.07) is 4.74. The lowest BCUT2D eigenvalue weighted by atomic mass is 10.1. The van der Waals surface area contributed by atoms with Crippen LogP contribution in [0.5, 0.6) is 0 Å². The molecular formula is C16H14BrClN4O2. The smallest absolute Gasteiger partial charge is 0.276 e. The van der Waals surface area contributed by atoms with Gasteiger partial charge < -0.3 is 4.90 Å². The quantitative estimate of drug-likeness (QED) is 0.425. The van der Waals surface area contributed by atoms with E-state index < -0.39 is 6.17 Å². The van der Waals surface area contributed by atoms with Crippen molar-refractivity contribution in [2.75, 3.05) is 11.9 Å². The van der Waals surface area contributed by atoms with Crippen molar-refractivity contribution in [3.8, 4) is 0 Å². The first kappa shape index (κ1) is 18.2. The largest absolute Gasteiger partial charge is 0.309 e. The second-order valence-electron chi connectivity index (χ2n) is 4.78. The second-order valence-corrected chi connectivity index (χ2v) is 6.03.